The molecule has 0 radical (unpaired) electrons. The zero-order valence-electron chi connectivity index (χ0n) is 16.7. The topological polar surface area (TPSA) is 47.4 Å². The van der Waals surface area contributed by atoms with Gasteiger partial charge in [0.2, 0.25) is 0 Å². The Balaban J connectivity index is 1.59. The van der Waals surface area contributed by atoms with E-state index in [1.165, 1.54) is 24.3 Å². The first kappa shape index (κ1) is 20.9. The van der Waals surface area contributed by atoms with Crippen LogP contribution in [0.5, 0.6) is 5.75 Å². The second kappa shape index (κ2) is 8.41. The molecule has 3 aromatic rings. The fourth-order valence-electron chi connectivity index (χ4n) is 3.82. The summed E-state index contributed by atoms with van der Waals surface area (Å²) in [5.41, 5.74) is 2.63. The molecule has 1 aliphatic heterocycles. The van der Waals surface area contributed by atoms with Gasteiger partial charge in [-0.1, -0.05) is 0 Å². The highest BCUT2D eigenvalue weighted by molar-refractivity contribution is 5.94. The zero-order chi connectivity index (χ0) is 22.1. The molecule has 4 rings (SSSR count). The normalized spacial score (nSPS) is 13.3. The number of aromatic nitrogens is 2. The van der Waals surface area contributed by atoms with Gasteiger partial charge in [-0.15, -0.1) is 0 Å². The van der Waals surface area contributed by atoms with Crippen molar-refractivity contribution in [2.75, 3.05) is 19.8 Å². The van der Waals surface area contributed by atoms with Crippen molar-refractivity contribution in [3.63, 3.8) is 0 Å². The molecule has 162 valence electrons. The molecule has 1 amide bonds. The van der Waals surface area contributed by atoms with E-state index >= 15 is 0 Å². The molecule has 5 nitrogen and oxygen atoms in total. The van der Waals surface area contributed by atoms with Crippen molar-refractivity contribution in [2.24, 2.45) is 7.05 Å². The van der Waals surface area contributed by atoms with E-state index in [9.17, 15) is 22.4 Å². The number of hydrogen-bond donors (Lipinski definition) is 0. The highest BCUT2D eigenvalue weighted by Gasteiger charge is 2.28. The minimum atomic E-state index is -0.774. The van der Waals surface area contributed by atoms with Crippen molar-refractivity contribution < 1.29 is 27.1 Å². The van der Waals surface area contributed by atoms with Gasteiger partial charge in [0.05, 0.1) is 17.9 Å². The van der Waals surface area contributed by atoms with Crippen molar-refractivity contribution in [1.82, 2.24) is 14.7 Å². The van der Waals surface area contributed by atoms with Crippen LogP contribution in [-0.2, 0) is 20.0 Å². The molecule has 0 saturated carbocycles. The van der Waals surface area contributed by atoms with Crippen LogP contribution < -0.4 is 4.74 Å². The molecular formula is C22H19F4N3O2. The van der Waals surface area contributed by atoms with E-state index in [0.717, 1.165) is 17.7 Å². The number of alkyl halides is 1. The monoisotopic (exact) mass is 433 g/mol. The predicted molar refractivity (Wildman–Crippen MR) is 105 cm³/mol. The van der Waals surface area contributed by atoms with Crippen molar-refractivity contribution in [2.45, 2.75) is 13.0 Å². The second-order valence-corrected chi connectivity index (χ2v) is 7.21. The van der Waals surface area contributed by atoms with E-state index in [0.29, 0.717) is 29.9 Å². The lowest BCUT2D eigenvalue weighted by Gasteiger charge is -2.27. The quantitative estimate of drug-likeness (QED) is 0.571. The molecule has 0 spiro atoms. The molecule has 0 aliphatic carbocycles. The van der Waals surface area contributed by atoms with E-state index in [4.69, 9.17) is 4.74 Å². The number of carbonyl (C=O) groups excluding carboxylic acids is 1. The van der Waals surface area contributed by atoms with Gasteiger partial charge >= 0.3 is 0 Å². The molecule has 0 fully saturated rings. The number of aryl methyl sites for hydroxylation is 1. The standard InChI is InChI=1S/C22H19F4N3O2/c1-28-21(14-8-15(24)11-16(25)9-14)17-4-6-29(12-19(17)27-28)22(30)13-2-3-18(26)20(10-13)31-7-5-23/h2-3,8-11H,4-7,12H2,1H3. The summed E-state index contributed by atoms with van der Waals surface area (Å²) in [5.74, 6) is -2.57. The van der Waals surface area contributed by atoms with Crippen molar-refractivity contribution in [3.8, 4) is 17.0 Å². The number of amides is 1. The molecular weight excluding hydrogens is 414 g/mol. The summed E-state index contributed by atoms with van der Waals surface area (Å²) in [5, 5.41) is 4.44. The zero-order valence-corrected chi connectivity index (χ0v) is 16.7. The first-order valence-electron chi connectivity index (χ1n) is 9.66. The molecule has 0 saturated heterocycles. The van der Waals surface area contributed by atoms with Crippen LogP contribution in [0.2, 0.25) is 0 Å². The molecule has 9 heteroatoms. The molecule has 31 heavy (non-hydrogen) atoms. The lowest BCUT2D eigenvalue weighted by atomic mass is 9.99. The van der Waals surface area contributed by atoms with Crippen LogP contribution in [0.25, 0.3) is 11.3 Å². The summed E-state index contributed by atoms with van der Waals surface area (Å²) >= 11 is 0. The third-order valence-electron chi connectivity index (χ3n) is 5.14. The van der Waals surface area contributed by atoms with E-state index in [-0.39, 0.29) is 30.4 Å². The number of carbonyl (C=O) groups is 1. The molecule has 0 bridgehead atoms. The number of hydrogen-bond acceptors (Lipinski definition) is 3. The average Bonchev–Trinajstić information content (AvgIpc) is 3.06. The van der Waals surface area contributed by atoms with Gasteiger partial charge in [0, 0.05) is 36.3 Å². The molecule has 2 heterocycles. The minimum absolute atomic E-state index is 0.186. The van der Waals surface area contributed by atoms with Crippen LogP contribution >= 0.6 is 0 Å². The molecule has 1 aliphatic rings. The van der Waals surface area contributed by atoms with Gasteiger partial charge in [-0.3, -0.25) is 9.48 Å². The highest BCUT2D eigenvalue weighted by Crippen LogP contribution is 2.31. The first-order valence-corrected chi connectivity index (χ1v) is 9.66. The first-order chi connectivity index (χ1) is 14.9. The van der Waals surface area contributed by atoms with Crippen LogP contribution in [0, 0.1) is 17.5 Å². The van der Waals surface area contributed by atoms with E-state index in [1.54, 1.807) is 16.6 Å². The van der Waals surface area contributed by atoms with Crippen LogP contribution in [0.3, 0.4) is 0 Å². The number of halogens is 4. The number of nitrogens with zero attached hydrogens (tertiary/aromatic N) is 3. The number of ether oxygens (including phenoxy) is 1. The highest BCUT2D eigenvalue weighted by atomic mass is 19.1. The Morgan fingerprint density at radius 2 is 1.87 bits per heavy atom. The van der Waals surface area contributed by atoms with Gasteiger partial charge < -0.3 is 9.64 Å². The lowest BCUT2D eigenvalue weighted by Crippen LogP contribution is -2.36. The van der Waals surface area contributed by atoms with Crippen molar-refractivity contribution in [3.05, 3.63) is 70.7 Å². The number of fused-ring (bicyclic) bond motifs is 1. The Labute approximate surface area is 175 Å². The van der Waals surface area contributed by atoms with Gasteiger partial charge in [-0.25, -0.2) is 17.6 Å². The summed E-state index contributed by atoms with van der Waals surface area (Å²) in [6, 6.07) is 7.00. The van der Waals surface area contributed by atoms with Crippen LogP contribution in [-0.4, -0.2) is 40.4 Å². The third-order valence-corrected chi connectivity index (χ3v) is 5.14. The molecule has 0 atom stereocenters. The Kier molecular flexibility index (Phi) is 5.67. The van der Waals surface area contributed by atoms with Crippen LogP contribution in [0.4, 0.5) is 17.6 Å². The maximum absolute atomic E-state index is 13.8. The summed E-state index contributed by atoms with van der Waals surface area (Å²) in [7, 11) is 1.68. The number of rotatable bonds is 5. The summed E-state index contributed by atoms with van der Waals surface area (Å²) in [6.07, 6.45) is 0.439. The van der Waals surface area contributed by atoms with Crippen LogP contribution in [0.1, 0.15) is 21.6 Å². The Morgan fingerprint density at radius 3 is 2.58 bits per heavy atom. The smallest absolute Gasteiger partial charge is 0.254 e. The maximum Gasteiger partial charge on any atom is 0.254 e. The summed E-state index contributed by atoms with van der Waals surface area (Å²) in [6.45, 7) is -0.541. The van der Waals surface area contributed by atoms with Gasteiger partial charge in [-0.2, -0.15) is 5.10 Å². The maximum atomic E-state index is 13.8. The predicted octanol–water partition coefficient (Wildman–Crippen LogP) is 4.05. The summed E-state index contributed by atoms with van der Waals surface area (Å²) in [4.78, 5) is 14.5. The van der Waals surface area contributed by atoms with E-state index in [2.05, 4.69) is 5.10 Å². The average molecular weight is 433 g/mol. The fraction of sp³-hybridized carbons (Fsp3) is 0.273. The van der Waals surface area contributed by atoms with E-state index < -0.39 is 24.1 Å². The largest absolute Gasteiger partial charge is 0.488 e. The fourth-order valence-corrected chi connectivity index (χ4v) is 3.82. The molecule has 0 unspecified atom stereocenters. The third kappa shape index (κ3) is 4.12. The van der Waals surface area contributed by atoms with Crippen LogP contribution in [0.15, 0.2) is 36.4 Å². The van der Waals surface area contributed by atoms with Gasteiger partial charge in [0.1, 0.15) is 24.9 Å². The van der Waals surface area contributed by atoms with Crippen molar-refractivity contribution in [1.29, 1.82) is 0 Å². The minimum Gasteiger partial charge on any atom is -0.488 e. The Hall–Kier alpha value is -3.36. The van der Waals surface area contributed by atoms with Gasteiger partial charge in [0.15, 0.2) is 11.6 Å². The second-order valence-electron chi connectivity index (χ2n) is 7.21. The van der Waals surface area contributed by atoms with E-state index in [1.807, 2.05) is 0 Å². The lowest BCUT2D eigenvalue weighted by molar-refractivity contribution is 0.0731. The summed E-state index contributed by atoms with van der Waals surface area (Å²) < 4.78 is 60.1. The molecule has 2 aromatic carbocycles. The van der Waals surface area contributed by atoms with Gasteiger partial charge in [-0.05, 0) is 36.8 Å². The Morgan fingerprint density at radius 1 is 1.13 bits per heavy atom. The Bertz CT molecular complexity index is 1130. The SMILES string of the molecule is Cn1nc2c(c1-c1cc(F)cc(F)c1)CCN(C(=O)c1ccc(F)c(OCCF)c1)C2. The van der Waals surface area contributed by atoms with Crippen molar-refractivity contribution >= 4 is 5.91 Å². The molecule has 0 N–H and O–H groups in total. The van der Waals surface area contributed by atoms with Gasteiger partial charge in [0.25, 0.3) is 5.91 Å². The number of benzene rings is 2. The molecule has 1 aromatic heterocycles.